The standard InChI is InChI=1S/C22H39N3O4/c1-9-29-21(28)15(2)14-16(3)25(8)20(27)18(22(4,5)6)23-19(26)17-12-10-11-13-24(17)7/h14,16-18H,9-13H2,1-8H3,(H,23,26)/t16-,17+,18+/m0/s1. The quantitative estimate of drug-likeness (QED) is 0.516. The zero-order valence-corrected chi connectivity index (χ0v) is 19.4. The highest BCUT2D eigenvalue weighted by Crippen LogP contribution is 2.23. The van der Waals surface area contributed by atoms with E-state index in [-0.39, 0.29) is 29.9 Å². The number of likely N-dealkylation sites (tertiary alicyclic amines) is 1. The number of carbonyl (C=O) groups excluding carboxylic acids is 3. The Morgan fingerprint density at radius 3 is 2.41 bits per heavy atom. The lowest BCUT2D eigenvalue weighted by atomic mass is 9.85. The second-order valence-corrected chi connectivity index (χ2v) is 9.06. The van der Waals surface area contributed by atoms with Crippen molar-refractivity contribution in [3.8, 4) is 0 Å². The van der Waals surface area contributed by atoms with Gasteiger partial charge in [-0.25, -0.2) is 4.79 Å². The van der Waals surface area contributed by atoms with E-state index >= 15 is 0 Å². The summed E-state index contributed by atoms with van der Waals surface area (Å²) in [6.45, 7) is 12.3. The summed E-state index contributed by atoms with van der Waals surface area (Å²) < 4.78 is 5.00. The lowest BCUT2D eigenvalue weighted by molar-refractivity contribution is -0.141. The molecule has 1 aliphatic heterocycles. The van der Waals surface area contributed by atoms with E-state index in [0.717, 1.165) is 25.8 Å². The SMILES string of the molecule is CCOC(=O)C(C)=C[C@H](C)N(C)C(=O)[C@@H](NC(=O)[C@H]1CCCCN1C)C(C)(C)C. The lowest BCUT2D eigenvalue weighted by Gasteiger charge is -2.38. The Morgan fingerprint density at radius 2 is 1.90 bits per heavy atom. The summed E-state index contributed by atoms with van der Waals surface area (Å²) in [5.41, 5.74) is 0.00704. The van der Waals surface area contributed by atoms with Crippen LogP contribution in [0.5, 0.6) is 0 Å². The van der Waals surface area contributed by atoms with Crippen LogP contribution in [0.1, 0.15) is 60.8 Å². The topological polar surface area (TPSA) is 79.0 Å². The molecule has 1 fully saturated rings. The van der Waals surface area contributed by atoms with Crippen LogP contribution in [0, 0.1) is 5.41 Å². The predicted molar refractivity (Wildman–Crippen MR) is 114 cm³/mol. The number of piperidine rings is 1. The number of hydrogen-bond donors (Lipinski definition) is 1. The van der Waals surface area contributed by atoms with Gasteiger partial charge in [-0.15, -0.1) is 0 Å². The van der Waals surface area contributed by atoms with Crippen LogP contribution in [0.2, 0.25) is 0 Å². The van der Waals surface area contributed by atoms with Gasteiger partial charge in [-0.2, -0.15) is 0 Å². The molecule has 0 aromatic rings. The van der Waals surface area contributed by atoms with Crippen LogP contribution in [0.25, 0.3) is 0 Å². The molecule has 0 unspecified atom stereocenters. The first-order valence-corrected chi connectivity index (χ1v) is 10.5. The Labute approximate surface area is 175 Å². The van der Waals surface area contributed by atoms with Gasteiger partial charge in [0, 0.05) is 18.7 Å². The van der Waals surface area contributed by atoms with E-state index in [0.29, 0.717) is 12.2 Å². The Bertz CT molecular complexity index is 624. The molecule has 0 aliphatic carbocycles. The number of esters is 1. The van der Waals surface area contributed by atoms with Crippen LogP contribution in [-0.2, 0) is 19.1 Å². The van der Waals surface area contributed by atoms with E-state index < -0.39 is 11.5 Å². The predicted octanol–water partition coefficient (Wildman–Crippen LogP) is 2.36. The fourth-order valence-corrected chi connectivity index (χ4v) is 3.48. The maximum absolute atomic E-state index is 13.3. The third-order valence-electron chi connectivity index (χ3n) is 5.52. The Morgan fingerprint density at radius 1 is 1.28 bits per heavy atom. The summed E-state index contributed by atoms with van der Waals surface area (Å²) >= 11 is 0. The minimum Gasteiger partial charge on any atom is -0.463 e. The van der Waals surface area contributed by atoms with Crippen molar-refractivity contribution in [3.63, 3.8) is 0 Å². The highest BCUT2D eigenvalue weighted by atomic mass is 16.5. The van der Waals surface area contributed by atoms with Crippen molar-refractivity contribution in [2.75, 3.05) is 27.2 Å². The molecule has 0 radical (unpaired) electrons. The zero-order chi connectivity index (χ0) is 22.4. The van der Waals surface area contributed by atoms with Crippen molar-refractivity contribution in [2.24, 2.45) is 5.41 Å². The van der Waals surface area contributed by atoms with Crippen LogP contribution in [0.3, 0.4) is 0 Å². The van der Waals surface area contributed by atoms with E-state index in [1.807, 2.05) is 34.7 Å². The van der Waals surface area contributed by atoms with Crippen molar-refractivity contribution in [2.45, 2.75) is 78.9 Å². The van der Waals surface area contributed by atoms with Crippen LogP contribution in [-0.4, -0.2) is 73.0 Å². The first-order chi connectivity index (χ1) is 13.4. The summed E-state index contributed by atoms with van der Waals surface area (Å²) in [5, 5.41) is 3.00. The lowest BCUT2D eigenvalue weighted by Crippen LogP contribution is -2.59. The van der Waals surface area contributed by atoms with Gasteiger partial charge in [-0.1, -0.05) is 33.3 Å². The maximum atomic E-state index is 13.3. The number of carbonyl (C=O) groups is 3. The average molecular weight is 410 g/mol. The molecular weight excluding hydrogens is 370 g/mol. The minimum absolute atomic E-state index is 0.0974. The van der Waals surface area contributed by atoms with Crippen molar-refractivity contribution >= 4 is 17.8 Å². The number of amides is 2. The number of nitrogens with zero attached hydrogens (tertiary/aromatic N) is 2. The molecule has 0 spiro atoms. The fraction of sp³-hybridized carbons (Fsp3) is 0.773. The van der Waals surface area contributed by atoms with E-state index in [1.165, 1.54) is 0 Å². The van der Waals surface area contributed by atoms with Gasteiger partial charge in [0.1, 0.15) is 6.04 Å². The highest BCUT2D eigenvalue weighted by Gasteiger charge is 2.38. The van der Waals surface area contributed by atoms with Gasteiger partial charge < -0.3 is 15.0 Å². The molecule has 1 heterocycles. The third kappa shape index (κ3) is 7.14. The summed E-state index contributed by atoms with van der Waals surface area (Å²) in [6.07, 6.45) is 4.63. The van der Waals surface area contributed by atoms with Gasteiger partial charge in [-0.05, 0) is 52.6 Å². The van der Waals surface area contributed by atoms with Crippen molar-refractivity contribution < 1.29 is 19.1 Å². The largest absolute Gasteiger partial charge is 0.463 e. The van der Waals surface area contributed by atoms with E-state index in [1.54, 1.807) is 31.9 Å². The molecule has 1 rings (SSSR count). The number of nitrogens with one attached hydrogen (secondary N) is 1. The van der Waals surface area contributed by atoms with E-state index in [2.05, 4.69) is 10.2 Å². The van der Waals surface area contributed by atoms with Crippen molar-refractivity contribution in [1.82, 2.24) is 15.1 Å². The number of ether oxygens (including phenoxy) is 1. The second kappa shape index (κ2) is 10.8. The van der Waals surface area contributed by atoms with E-state index in [4.69, 9.17) is 4.74 Å². The summed E-state index contributed by atoms with van der Waals surface area (Å²) in [6, 6.07) is -1.17. The first kappa shape index (κ1) is 25.1. The molecule has 0 saturated carbocycles. The average Bonchev–Trinajstić information content (AvgIpc) is 2.64. The molecule has 7 heteroatoms. The van der Waals surface area contributed by atoms with Crippen molar-refractivity contribution in [1.29, 1.82) is 0 Å². The Hall–Kier alpha value is -1.89. The molecule has 1 saturated heterocycles. The van der Waals surface area contributed by atoms with Crippen molar-refractivity contribution in [3.05, 3.63) is 11.6 Å². The highest BCUT2D eigenvalue weighted by molar-refractivity contribution is 5.91. The molecule has 1 aliphatic rings. The molecule has 166 valence electrons. The number of hydrogen-bond acceptors (Lipinski definition) is 5. The fourth-order valence-electron chi connectivity index (χ4n) is 3.48. The summed E-state index contributed by atoms with van der Waals surface area (Å²) in [4.78, 5) is 41.7. The molecule has 0 aromatic carbocycles. The molecule has 1 N–H and O–H groups in total. The smallest absolute Gasteiger partial charge is 0.333 e. The number of likely N-dealkylation sites (N-methyl/N-ethyl adjacent to an activating group) is 2. The maximum Gasteiger partial charge on any atom is 0.333 e. The Kier molecular flexibility index (Phi) is 9.33. The van der Waals surface area contributed by atoms with Crippen LogP contribution in [0.4, 0.5) is 0 Å². The van der Waals surface area contributed by atoms with E-state index in [9.17, 15) is 14.4 Å². The number of rotatable bonds is 7. The van der Waals surface area contributed by atoms with Gasteiger partial charge >= 0.3 is 5.97 Å². The normalized spacial score (nSPS) is 20.6. The molecule has 3 atom stereocenters. The third-order valence-corrected chi connectivity index (χ3v) is 5.52. The van der Waals surface area contributed by atoms with Gasteiger partial charge in [0.25, 0.3) is 0 Å². The van der Waals surface area contributed by atoms with Gasteiger partial charge in [0.15, 0.2) is 0 Å². The molecule has 7 nitrogen and oxygen atoms in total. The Balaban J connectivity index is 2.94. The summed E-state index contributed by atoms with van der Waals surface area (Å²) in [7, 11) is 3.65. The second-order valence-electron chi connectivity index (χ2n) is 9.06. The monoisotopic (exact) mass is 409 g/mol. The molecule has 2 amide bonds. The molecular formula is C22H39N3O4. The zero-order valence-electron chi connectivity index (χ0n) is 19.4. The van der Waals surface area contributed by atoms with Crippen LogP contribution in [0.15, 0.2) is 11.6 Å². The minimum atomic E-state index is -0.658. The van der Waals surface area contributed by atoms with Gasteiger partial charge in [-0.3, -0.25) is 14.5 Å². The summed E-state index contributed by atoms with van der Waals surface area (Å²) in [5.74, 6) is -0.661. The van der Waals surface area contributed by atoms with Crippen LogP contribution >= 0.6 is 0 Å². The van der Waals surface area contributed by atoms with Gasteiger partial charge in [0.2, 0.25) is 11.8 Å². The van der Waals surface area contributed by atoms with Gasteiger partial charge in [0.05, 0.1) is 12.6 Å². The molecule has 0 aromatic heterocycles. The molecule has 29 heavy (non-hydrogen) atoms. The van der Waals surface area contributed by atoms with Crippen LogP contribution < -0.4 is 5.32 Å². The molecule has 0 bridgehead atoms. The first-order valence-electron chi connectivity index (χ1n) is 10.5.